The molecule has 1 aliphatic rings. The van der Waals surface area contributed by atoms with Gasteiger partial charge in [-0.05, 0) is 13.3 Å². The van der Waals surface area contributed by atoms with Crippen LogP contribution in [0.1, 0.15) is 13.3 Å². The van der Waals surface area contributed by atoms with E-state index in [0.29, 0.717) is 0 Å². The Hall–Kier alpha value is -0.480. The van der Waals surface area contributed by atoms with Crippen LogP contribution in [0.2, 0.25) is 0 Å². The molecule has 1 atom stereocenters. The molecule has 0 bridgehead atoms. The summed E-state index contributed by atoms with van der Waals surface area (Å²) in [7, 11) is 0. The highest BCUT2D eigenvalue weighted by atomic mass is 32.2. The van der Waals surface area contributed by atoms with Gasteiger partial charge in [-0.3, -0.25) is 4.79 Å². The molecule has 1 aliphatic heterocycles. The van der Waals surface area contributed by atoms with Crippen molar-refractivity contribution in [3.05, 3.63) is 12.2 Å². The van der Waals surface area contributed by atoms with Crippen LogP contribution in [-0.2, 0) is 4.79 Å². The van der Waals surface area contributed by atoms with E-state index in [-0.39, 0.29) is 11.9 Å². The smallest absolute Gasteiger partial charge is 0.238 e. The second-order valence-electron chi connectivity index (χ2n) is 3.23. The van der Waals surface area contributed by atoms with Gasteiger partial charge in [0.05, 0.1) is 6.04 Å². The summed E-state index contributed by atoms with van der Waals surface area (Å²) in [6.45, 7) is 3.67. The number of thioether (sulfide) groups is 1. The van der Waals surface area contributed by atoms with Crippen LogP contribution < -0.4 is 10.6 Å². The van der Waals surface area contributed by atoms with Gasteiger partial charge in [-0.25, -0.2) is 0 Å². The molecule has 0 saturated carbocycles. The maximum Gasteiger partial charge on any atom is 0.238 e. The molecule has 0 radical (unpaired) electrons. The molecule has 3 nitrogen and oxygen atoms in total. The molecule has 2 N–H and O–H groups in total. The van der Waals surface area contributed by atoms with Crippen LogP contribution in [-0.4, -0.2) is 36.5 Å². The molecule has 1 unspecified atom stereocenters. The van der Waals surface area contributed by atoms with Gasteiger partial charge in [-0.15, -0.1) is 0 Å². The minimum Gasteiger partial charge on any atom is -0.354 e. The maximum atomic E-state index is 11.6. The molecule has 0 aromatic carbocycles. The second-order valence-corrected chi connectivity index (χ2v) is 4.38. The quantitative estimate of drug-likeness (QED) is 0.536. The van der Waals surface area contributed by atoms with E-state index < -0.39 is 0 Å². The number of carbonyl (C=O) groups excluding carboxylic acids is 1. The van der Waals surface area contributed by atoms with Crippen molar-refractivity contribution in [3.63, 3.8) is 0 Å². The van der Waals surface area contributed by atoms with E-state index in [1.807, 2.05) is 24.8 Å². The zero-order valence-electron chi connectivity index (χ0n) is 8.58. The van der Waals surface area contributed by atoms with E-state index in [2.05, 4.69) is 16.7 Å². The van der Waals surface area contributed by atoms with E-state index in [1.54, 1.807) is 0 Å². The zero-order chi connectivity index (χ0) is 10.2. The molecule has 0 aromatic rings. The predicted molar refractivity (Wildman–Crippen MR) is 61.6 cm³/mol. The van der Waals surface area contributed by atoms with Crippen LogP contribution in [0.25, 0.3) is 0 Å². The number of hydrogen-bond acceptors (Lipinski definition) is 3. The molecule has 80 valence electrons. The van der Waals surface area contributed by atoms with Crippen molar-refractivity contribution in [2.24, 2.45) is 0 Å². The first-order valence-corrected chi connectivity index (χ1v) is 6.20. The van der Waals surface area contributed by atoms with Crippen LogP contribution in [0.3, 0.4) is 0 Å². The highest BCUT2D eigenvalue weighted by Gasteiger charge is 2.19. The van der Waals surface area contributed by atoms with Crippen LogP contribution in [0.4, 0.5) is 0 Å². The molecule has 1 heterocycles. The van der Waals surface area contributed by atoms with E-state index in [0.717, 1.165) is 31.0 Å². The molecule has 14 heavy (non-hydrogen) atoms. The molecule has 1 fully saturated rings. The molecular weight excluding hydrogens is 196 g/mol. The van der Waals surface area contributed by atoms with Crippen LogP contribution in [0.15, 0.2) is 12.2 Å². The largest absolute Gasteiger partial charge is 0.354 e. The van der Waals surface area contributed by atoms with Crippen molar-refractivity contribution < 1.29 is 4.79 Å². The predicted octanol–water partition coefficient (Wildman–Crippen LogP) is 0.774. The Bertz CT molecular complexity index is 200. The molecule has 4 heteroatoms. The summed E-state index contributed by atoms with van der Waals surface area (Å²) >= 11 is 1.84. The van der Waals surface area contributed by atoms with Crippen molar-refractivity contribution in [2.45, 2.75) is 19.4 Å². The third kappa shape index (κ3) is 4.15. The number of carbonyl (C=O) groups is 1. The number of hydrogen-bond donors (Lipinski definition) is 2. The van der Waals surface area contributed by atoms with Crippen molar-refractivity contribution >= 4 is 17.7 Å². The van der Waals surface area contributed by atoms with Gasteiger partial charge in [0.15, 0.2) is 0 Å². The van der Waals surface area contributed by atoms with Gasteiger partial charge in [0.25, 0.3) is 0 Å². The number of rotatable bonds is 4. The van der Waals surface area contributed by atoms with Gasteiger partial charge >= 0.3 is 0 Å². The Morgan fingerprint density at radius 3 is 3.21 bits per heavy atom. The van der Waals surface area contributed by atoms with Crippen molar-refractivity contribution in [2.75, 3.05) is 24.6 Å². The van der Waals surface area contributed by atoms with E-state index >= 15 is 0 Å². The minimum atomic E-state index is 0.0133. The first kappa shape index (κ1) is 11.6. The van der Waals surface area contributed by atoms with Crippen LogP contribution in [0.5, 0.6) is 0 Å². The molecule has 1 rings (SSSR count). The Kier molecular flexibility index (Phi) is 5.71. The lowest BCUT2D eigenvalue weighted by atomic mass is 10.3. The summed E-state index contributed by atoms with van der Waals surface area (Å²) in [6, 6.07) is 0.0133. The van der Waals surface area contributed by atoms with E-state index in [1.165, 1.54) is 0 Å². The molecular formula is C10H18N2OS. The van der Waals surface area contributed by atoms with Gasteiger partial charge < -0.3 is 10.6 Å². The lowest BCUT2D eigenvalue weighted by Crippen LogP contribution is -2.49. The summed E-state index contributed by atoms with van der Waals surface area (Å²) in [5.41, 5.74) is 0. The van der Waals surface area contributed by atoms with Gasteiger partial charge in [-0.1, -0.05) is 12.2 Å². The Morgan fingerprint density at radius 2 is 2.57 bits per heavy atom. The fourth-order valence-corrected chi connectivity index (χ4v) is 2.24. The van der Waals surface area contributed by atoms with Gasteiger partial charge in [-0.2, -0.15) is 11.8 Å². The fourth-order valence-electron chi connectivity index (χ4n) is 1.30. The van der Waals surface area contributed by atoms with Gasteiger partial charge in [0.2, 0.25) is 5.91 Å². The number of nitrogens with one attached hydrogen (secondary N) is 2. The highest BCUT2D eigenvalue weighted by molar-refractivity contribution is 7.99. The minimum absolute atomic E-state index is 0.0133. The number of allylic oxidation sites excluding steroid dienone is 1. The average Bonchev–Trinajstić information content (AvgIpc) is 2.25. The van der Waals surface area contributed by atoms with Gasteiger partial charge in [0, 0.05) is 24.6 Å². The molecule has 0 aromatic heterocycles. The summed E-state index contributed by atoms with van der Waals surface area (Å²) in [6.07, 6.45) is 4.98. The molecule has 1 saturated heterocycles. The van der Waals surface area contributed by atoms with Crippen LogP contribution in [0, 0.1) is 0 Å². The lowest BCUT2D eigenvalue weighted by molar-refractivity contribution is -0.122. The topological polar surface area (TPSA) is 41.1 Å². The summed E-state index contributed by atoms with van der Waals surface area (Å²) in [5.74, 6) is 2.15. The fraction of sp³-hybridized carbons (Fsp3) is 0.700. The Balaban J connectivity index is 2.13. The maximum absolute atomic E-state index is 11.6. The Labute approximate surface area is 89.7 Å². The third-order valence-electron chi connectivity index (χ3n) is 2.08. The Morgan fingerprint density at radius 1 is 1.71 bits per heavy atom. The SMILES string of the molecule is C/C=C/CCNC(=O)C1CSCCN1. The van der Waals surface area contributed by atoms with E-state index in [4.69, 9.17) is 0 Å². The molecule has 0 spiro atoms. The number of amides is 1. The van der Waals surface area contributed by atoms with E-state index in [9.17, 15) is 4.79 Å². The third-order valence-corrected chi connectivity index (χ3v) is 3.15. The van der Waals surface area contributed by atoms with Crippen molar-refractivity contribution in [1.29, 1.82) is 0 Å². The van der Waals surface area contributed by atoms with Crippen molar-refractivity contribution in [3.8, 4) is 0 Å². The summed E-state index contributed by atoms with van der Waals surface area (Å²) < 4.78 is 0. The second kappa shape index (κ2) is 6.90. The monoisotopic (exact) mass is 214 g/mol. The first-order valence-electron chi connectivity index (χ1n) is 5.04. The zero-order valence-corrected chi connectivity index (χ0v) is 9.40. The normalized spacial score (nSPS) is 22.5. The van der Waals surface area contributed by atoms with Gasteiger partial charge in [0.1, 0.15) is 0 Å². The summed E-state index contributed by atoms with van der Waals surface area (Å²) in [4.78, 5) is 11.6. The molecule has 0 aliphatic carbocycles. The molecule has 1 amide bonds. The van der Waals surface area contributed by atoms with Crippen molar-refractivity contribution in [1.82, 2.24) is 10.6 Å². The lowest BCUT2D eigenvalue weighted by Gasteiger charge is -2.22. The average molecular weight is 214 g/mol. The summed E-state index contributed by atoms with van der Waals surface area (Å²) in [5, 5.41) is 6.13. The first-order chi connectivity index (χ1) is 6.84. The highest BCUT2D eigenvalue weighted by Crippen LogP contribution is 2.07. The standard InChI is InChI=1S/C10H18N2OS/c1-2-3-4-5-12-10(13)9-8-14-7-6-11-9/h2-3,9,11H,4-8H2,1H3,(H,12,13)/b3-2+. The van der Waals surface area contributed by atoms with Crippen LogP contribution >= 0.6 is 11.8 Å².